The first-order chi connectivity index (χ1) is 8.81. The highest BCUT2D eigenvalue weighted by molar-refractivity contribution is 5.86. The highest BCUT2D eigenvalue weighted by atomic mass is 19.1. The molecule has 0 aromatic heterocycles. The molecule has 0 radical (unpaired) electrons. The van der Waals surface area contributed by atoms with Gasteiger partial charge in [-0.15, -0.1) is 0 Å². The van der Waals surface area contributed by atoms with E-state index in [2.05, 4.69) is 5.32 Å². The minimum absolute atomic E-state index is 0.353. The molecule has 1 amide bonds. The molecule has 0 fully saturated rings. The van der Waals surface area contributed by atoms with Gasteiger partial charge in [-0.2, -0.15) is 0 Å². The Kier molecular flexibility index (Phi) is 5.00. The van der Waals surface area contributed by atoms with Crippen LogP contribution < -0.4 is 11.1 Å². The van der Waals surface area contributed by atoms with Crippen LogP contribution in [0, 0.1) is 12.7 Å². The first-order valence-corrected chi connectivity index (χ1v) is 5.85. The van der Waals surface area contributed by atoms with Crippen LogP contribution in [0.2, 0.25) is 0 Å². The summed E-state index contributed by atoms with van der Waals surface area (Å²) in [5.74, 6) is -2.07. The second-order valence-electron chi connectivity index (χ2n) is 4.44. The number of halogens is 1. The lowest BCUT2D eigenvalue weighted by atomic mass is 10.1. The first-order valence-electron chi connectivity index (χ1n) is 5.85. The van der Waals surface area contributed by atoms with Gasteiger partial charge in [-0.05, 0) is 31.0 Å². The van der Waals surface area contributed by atoms with Crippen molar-refractivity contribution < 1.29 is 19.1 Å². The summed E-state index contributed by atoms with van der Waals surface area (Å²) in [6.45, 7) is 3.32. The Morgan fingerprint density at radius 2 is 2.11 bits per heavy atom. The quantitative estimate of drug-likeness (QED) is 0.746. The molecule has 104 valence electrons. The standard InChI is InChI=1S/C13H17FN2O3/c1-7-3-4-9(5-10(7)14)8(2)16-13(19)11(15)6-12(17)18/h3-5,8,11H,6,15H2,1-2H3,(H,16,19)(H,17,18). The maximum absolute atomic E-state index is 13.4. The number of carboxylic acids is 1. The maximum atomic E-state index is 13.4. The van der Waals surface area contributed by atoms with Gasteiger partial charge in [0.2, 0.25) is 5.91 Å². The van der Waals surface area contributed by atoms with E-state index in [1.54, 1.807) is 26.0 Å². The van der Waals surface area contributed by atoms with Crippen LogP contribution in [0.25, 0.3) is 0 Å². The lowest BCUT2D eigenvalue weighted by Crippen LogP contribution is -2.42. The van der Waals surface area contributed by atoms with Crippen molar-refractivity contribution in [3.63, 3.8) is 0 Å². The van der Waals surface area contributed by atoms with Gasteiger partial charge in [0.05, 0.1) is 18.5 Å². The fourth-order valence-electron chi connectivity index (χ4n) is 1.56. The summed E-state index contributed by atoms with van der Waals surface area (Å²) in [5, 5.41) is 11.1. The number of nitrogens with two attached hydrogens (primary N) is 1. The van der Waals surface area contributed by atoms with Crippen molar-refractivity contribution in [2.24, 2.45) is 5.73 Å². The molecular formula is C13H17FN2O3. The fourth-order valence-corrected chi connectivity index (χ4v) is 1.56. The van der Waals surface area contributed by atoms with E-state index in [0.717, 1.165) is 0 Å². The number of hydrogen-bond donors (Lipinski definition) is 3. The maximum Gasteiger partial charge on any atom is 0.305 e. The van der Waals surface area contributed by atoms with E-state index >= 15 is 0 Å². The van der Waals surface area contributed by atoms with E-state index < -0.39 is 30.4 Å². The Morgan fingerprint density at radius 1 is 1.47 bits per heavy atom. The van der Waals surface area contributed by atoms with E-state index in [1.165, 1.54) is 6.07 Å². The molecule has 0 heterocycles. The van der Waals surface area contributed by atoms with Crippen LogP contribution in [0.3, 0.4) is 0 Å². The second kappa shape index (κ2) is 6.29. The molecule has 0 aliphatic rings. The molecule has 2 atom stereocenters. The average Bonchev–Trinajstić information content (AvgIpc) is 2.31. The van der Waals surface area contributed by atoms with Crippen LogP contribution in [0.4, 0.5) is 4.39 Å². The van der Waals surface area contributed by atoms with Crippen LogP contribution in [-0.4, -0.2) is 23.0 Å². The number of rotatable bonds is 5. The number of carbonyl (C=O) groups is 2. The fraction of sp³-hybridized carbons (Fsp3) is 0.385. The molecule has 1 aromatic rings. The SMILES string of the molecule is Cc1ccc(C(C)NC(=O)C(N)CC(=O)O)cc1F. The Bertz CT molecular complexity index is 491. The molecule has 4 N–H and O–H groups in total. The summed E-state index contributed by atoms with van der Waals surface area (Å²) in [7, 11) is 0. The number of carbonyl (C=O) groups excluding carboxylic acids is 1. The second-order valence-corrected chi connectivity index (χ2v) is 4.44. The van der Waals surface area contributed by atoms with Crippen LogP contribution in [-0.2, 0) is 9.59 Å². The predicted octanol–water partition coefficient (Wildman–Crippen LogP) is 1.11. The molecule has 0 aliphatic heterocycles. The zero-order chi connectivity index (χ0) is 14.6. The Hall–Kier alpha value is -1.95. The molecule has 0 saturated heterocycles. The van der Waals surface area contributed by atoms with Gasteiger partial charge in [0.25, 0.3) is 0 Å². The largest absolute Gasteiger partial charge is 0.481 e. The normalized spacial score (nSPS) is 13.7. The smallest absolute Gasteiger partial charge is 0.305 e. The molecule has 0 aliphatic carbocycles. The van der Waals surface area contributed by atoms with Crippen molar-refractivity contribution in [1.29, 1.82) is 0 Å². The third-order valence-electron chi connectivity index (χ3n) is 2.79. The minimum atomic E-state index is -1.14. The molecule has 2 unspecified atom stereocenters. The molecular weight excluding hydrogens is 251 g/mol. The van der Waals surface area contributed by atoms with Gasteiger partial charge < -0.3 is 16.2 Å². The van der Waals surface area contributed by atoms with Crippen LogP contribution in [0.15, 0.2) is 18.2 Å². The molecule has 6 heteroatoms. The average molecular weight is 268 g/mol. The highest BCUT2D eigenvalue weighted by Gasteiger charge is 2.19. The lowest BCUT2D eigenvalue weighted by molar-refractivity contribution is -0.139. The molecule has 1 aromatic carbocycles. The summed E-state index contributed by atoms with van der Waals surface area (Å²) >= 11 is 0. The van der Waals surface area contributed by atoms with Gasteiger partial charge in [-0.3, -0.25) is 9.59 Å². The van der Waals surface area contributed by atoms with Crippen LogP contribution in [0.5, 0.6) is 0 Å². The Balaban J connectivity index is 2.68. The monoisotopic (exact) mass is 268 g/mol. The predicted molar refractivity (Wildman–Crippen MR) is 67.9 cm³/mol. The molecule has 5 nitrogen and oxygen atoms in total. The van der Waals surface area contributed by atoms with E-state index in [9.17, 15) is 14.0 Å². The van der Waals surface area contributed by atoms with Gasteiger partial charge >= 0.3 is 5.97 Å². The van der Waals surface area contributed by atoms with E-state index in [4.69, 9.17) is 10.8 Å². The van der Waals surface area contributed by atoms with E-state index in [0.29, 0.717) is 11.1 Å². The zero-order valence-corrected chi connectivity index (χ0v) is 10.8. The molecule has 1 rings (SSSR count). The number of benzene rings is 1. The zero-order valence-electron chi connectivity index (χ0n) is 10.8. The third-order valence-corrected chi connectivity index (χ3v) is 2.79. The van der Waals surface area contributed by atoms with Gasteiger partial charge in [-0.1, -0.05) is 12.1 Å². The van der Waals surface area contributed by atoms with Crippen molar-refractivity contribution in [1.82, 2.24) is 5.32 Å². The minimum Gasteiger partial charge on any atom is -0.481 e. The van der Waals surface area contributed by atoms with Crippen LogP contribution >= 0.6 is 0 Å². The summed E-state index contributed by atoms with van der Waals surface area (Å²) in [4.78, 5) is 22.1. The van der Waals surface area contributed by atoms with Crippen molar-refractivity contribution in [2.75, 3.05) is 0 Å². The number of aliphatic carboxylic acids is 1. The van der Waals surface area contributed by atoms with Crippen molar-refractivity contribution in [3.05, 3.63) is 35.1 Å². The number of nitrogens with one attached hydrogen (secondary N) is 1. The van der Waals surface area contributed by atoms with Gasteiger partial charge in [0.15, 0.2) is 0 Å². The van der Waals surface area contributed by atoms with E-state index in [-0.39, 0.29) is 5.82 Å². The summed E-state index contributed by atoms with van der Waals surface area (Å²) in [5.41, 5.74) is 6.55. The first kappa shape index (κ1) is 15.1. The summed E-state index contributed by atoms with van der Waals surface area (Å²) < 4.78 is 13.4. The lowest BCUT2D eigenvalue weighted by Gasteiger charge is -2.17. The van der Waals surface area contributed by atoms with Gasteiger partial charge in [-0.25, -0.2) is 4.39 Å². The number of carboxylic acid groups (broad SMARTS) is 1. The molecule has 0 bridgehead atoms. The number of hydrogen-bond acceptors (Lipinski definition) is 3. The van der Waals surface area contributed by atoms with Crippen molar-refractivity contribution in [2.45, 2.75) is 32.4 Å². The van der Waals surface area contributed by atoms with Gasteiger partial charge in [0, 0.05) is 0 Å². The van der Waals surface area contributed by atoms with Crippen LogP contribution in [0.1, 0.15) is 30.5 Å². The number of aryl methyl sites for hydroxylation is 1. The topological polar surface area (TPSA) is 92.4 Å². The van der Waals surface area contributed by atoms with E-state index in [1.807, 2.05) is 0 Å². The summed E-state index contributed by atoms with van der Waals surface area (Å²) in [6.07, 6.45) is -0.444. The highest BCUT2D eigenvalue weighted by Crippen LogP contribution is 2.16. The Labute approximate surface area is 110 Å². The molecule has 19 heavy (non-hydrogen) atoms. The molecule has 0 spiro atoms. The third kappa shape index (κ3) is 4.33. The summed E-state index contributed by atoms with van der Waals surface area (Å²) in [6, 6.07) is 3.09. The van der Waals surface area contributed by atoms with Gasteiger partial charge in [0.1, 0.15) is 5.82 Å². The Morgan fingerprint density at radius 3 is 2.63 bits per heavy atom. The van der Waals surface area contributed by atoms with Crippen molar-refractivity contribution in [3.8, 4) is 0 Å². The van der Waals surface area contributed by atoms with Crippen molar-refractivity contribution >= 4 is 11.9 Å². The number of amides is 1. The molecule has 0 saturated carbocycles.